The van der Waals surface area contributed by atoms with Crippen molar-refractivity contribution in [1.82, 2.24) is 14.7 Å². The molecule has 120 valence electrons. The number of amides is 1. The van der Waals surface area contributed by atoms with Gasteiger partial charge in [-0.2, -0.15) is 5.10 Å². The van der Waals surface area contributed by atoms with E-state index in [2.05, 4.69) is 28.2 Å². The van der Waals surface area contributed by atoms with Crippen LogP contribution in [0.15, 0.2) is 36.7 Å². The van der Waals surface area contributed by atoms with Crippen LogP contribution in [-0.2, 0) is 13.1 Å². The second-order valence-corrected chi connectivity index (χ2v) is 6.40. The molecule has 0 spiro atoms. The largest absolute Gasteiger partial charge is 0.306 e. The third-order valence-electron chi connectivity index (χ3n) is 5.00. The second kappa shape index (κ2) is 5.81. The molecule has 0 radical (unpaired) electrons. The van der Waals surface area contributed by atoms with E-state index in [-0.39, 0.29) is 5.91 Å². The maximum absolute atomic E-state index is 13.1. The molecule has 2 aliphatic rings. The minimum absolute atomic E-state index is 0.0610. The van der Waals surface area contributed by atoms with Crippen LogP contribution in [0, 0.1) is 0 Å². The lowest BCUT2D eigenvalue weighted by molar-refractivity contribution is 0.0981. The molecule has 2 aliphatic heterocycles. The molecule has 1 aromatic carbocycles. The molecule has 1 atom stereocenters. The molecule has 0 saturated carbocycles. The molecule has 1 amide bonds. The lowest BCUT2D eigenvalue weighted by Gasteiger charge is -2.26. The average Bonchev–Trinajstić information content (AvgIpc) is 3.19. The van der Waals surface area contributed by atoms with E-state index in [9.17, 15) is 4.79 Å². The van der Waals surface area contributed by atoms with Crippen LogP contribution in [0.5, 0.6) is 0 Å². The lowest BCUT2D eigenvalue weighted by Crippen LogP contribution is -2.40. The molecule has 0 aliphatic carbocycles. The van der Waals surface area contributed by atoms with Crippen LogP contribution in [0.2, 0.25) is 0 Å². The Morgan fingerprint density at radius 2 is 2.22 bits per heavy atom. The number of carbonyl (C=O) groups excluding carboxylic acids is 1. The number of rotatable bonds is 2. The fourth-order valence-electron chi connectivity index (χ4n) is 3.74. The summed E-state index contributed by atoms with van der Waals surface area (Å²) in [5.41, 5.74) is 2.97. The van der Waals surface area contributed by atoms with Gasteiger partial charge in [-0.25, -0.2) is 0 Å². The zero-order valence-corrected chi connectivity index (χ0v) is 13.5. The molecule has 0 unspecified atom stereocenters. The average molecular weight is 310 g/mol. The summed E-state index contributed by atoms with van der Waals surface area (Å²) in [6.45, 7) is 5.65. The Hall–Kier alpha value is -2.14. The predicted octanol–water partition coefficient (Wildman–Crippen LogP) is 2.53. The summed E-state index contributed by atoms with van der Waals surface area (Å²) in [5, 5.41) is 4.26. The number of nitrogens with zero attached hydrogens (tertiary/aromatic N) is 4. The highest BCUT2D eigenvalue weighted by atomic mass is 16.2. The fraction of sp³-hybridized carbons (Fsp3) is 0.444. The number of aromatic nitrogens is 2. The van der Waals surface area contributed by atoms with Crippen LogP contribution in [0.4, 0.5) is 5.69 Å². The zero-order valence-electron chi connectivity index (χ0n) is 13.5. The summed E-state index contributed by atoms with van der Waals surface area (Å²) in [5.74, 6) is 0.0610. The highest BCUT2D eigenvalue weighted by Gasteiger charge is 2.33. The highest BCUT2D eigenvalue weighted by molar-refractivity contribution is 6.06. The zero-order chi connectivity index (χ0) is 15.8. The Kier molecular flexibility index (Phi) is 3.65. The Morgan fingerprint density at radius 1 is 1.35 bits per heavy atom. The molecule has 4 rings (SSSR count). The van der Waals surface area contributed by atoms with Gasteiger partial charge in [0.15, 0.2) is 0 Å². The molecule has 5 heteroatoms. The minimum Gasteiger partial charge on any atom is -0.306 e. The maximum atomic E-state index is 13.1. The van der Waals surface area contributed by atoms with Gasteiger partial charge in [-0.3, -0.25) is 14.4 Å². The second-order valence-electron chi connectivity index (χ2n) is 6.40. The summed E-state index contributed by atoms with van der Waals surface area (Å²) >= 11 is 0. The first-order chi connectivity index (χ1) is 11.3. The molecule has 23 heavy (non-hydrogen) atoms. The van der Waals surface area contributed by atoms with Gasteiger partial charge in [0.1, 0.15) is 0 Å². The first-order valence-corrected chi connectivity index (χ1v) is 8.42. The van der Waals surface area contributed by atoms with E-state index >= 15 is 0 Å². The molecule has 2 aromatic rings. The third-order valence-corrected chi connectivity index (χ3v) is 5.00. The Bertz CT molecular complexity index is 723. The van der Waals surface area contributed by atoms with E-state index in [1.54, 1.807) is 10.9 Å². The number of hydrogen-bond donors (Lipinski definition) is 0. The number of hydrogen-bond acceptors (Lipinski definition) is 3. The summed E-state index contributed by atoms with van der Waals surface area (Å²) in [6.07, 6.45) is 5.93. The van der Waals surface area contributed by atoms with Gasteiger partial charge >= 0.3 is 0 Å². The molecule has 1 saturated heterocycles. The monoisotopic (exact) mass is 310 g/mol. The van der Waals surface area contributed by atoms with Crippen molar-refractivity contribution in [3.63, 3.8) is 0 Å². The number of benzene rings is 1. The van der Waals surface area contributed by atoms with Gasteiger partial charge in [-0.15, -0.1) is 0 Å². The van der Waals surface area contributed by atoms with Crippen LogP contribution in [0.25, 0.3) is 0 Å². The topological polar surface area (TPSA) is 41.4 Å². The van der Waals surface area contributed by atoms with E-state index in [0.29, 0.717) is 11.6 Å². The van der Waals surface area contributed by atoms with Gasteiger partial charge in [-0.1, -0.05) is 18.2 Å². The number of carbonyl (C=O) groups is 1. The predicted molar refractivity (Wildman–Crippen MR) is 89.5 cm³/mol. The van der Waals surface area contributed by atoms with Gasteiger partial charge in [0.2, 0.25) is 0 Å². The van der Waals surface area contributed by atoms with E-state index in [4.69, 9.17) is 0 Å². The summed E-state index contributed by atoms with van der Waals surface area (Å²) in [7, 11) is 0. The lowest BCUT2D eigenvalue weighted by atomic mass is 10.1. The third kappa shape index (κ3) is 2.55. The maximum Gasteiger partial charge on any atom is 0.261 e. The van der Waals surface area contributed by atoms with Crippen molar-refractivity contribution < 1.29 is 4.79 Å². The van der Waals surface area contributed by atoms with Crippen LogP contribution in [-0.4, -0.2) is 39.7 Å². The molecular formula is C18H22N4O. The van der Waals surface area contributed by atoms with Gasteiger partial charge in [0, 0.05) is 37.6 Å². The number of para-hydroxylation sites is 1. The molecule has 0 N–H and O–H groups in total. The summed E-state index contributed by atoms with van der Waals surface area (Å²) in [6, 6.07) is 8.76. The van der Waals surface area contributed by atoms with Crippen molar-refractivity contribution in [3.8, 4) is 0 Å². The Labute approximate surface area is 136 Å². The fourth-order valence-corrected chi connectivity index (χ4v) is 3.74. The number of fused-ring (bicyclic) bond motifs is 2. The molecule has 5 nitrogen and oxygen atoms in total. The normalized spacial score (nSPS) is 20.9. The van der Waals surface area contributed by atoms with Gasteiger partial charge in [-0.05, 0) is 37.9 Å². The van der Waals surface area contributed by atoms with Crippen LogP contribution < -0.4 is 4.90 Å². The van der Waals surface area contributed by atoms with Crippen LogP contribution in [0.3, 0.4) is 0 Å². The molecule has 1 fully saturated rings. The van der Waals surface area contributed by atoms with Gasteiger partial charge in [0.25, 0.3) is 5.91 Å². The van der Waals surface area contributed by atoms with Crippen LogP contribution in [0.1, 0.15) is 35.7 Å². The smallest absolute Gasteiger partial charge is 0.261 e. The molecular weight excluding hydrogens is 288 g/mol. The van der Waals surface area contributed by atoms with Crippen molar-refractivity contribution in [3.05, 3.63) is 47.8 Å². The first kappa shape index (κ1) is 14.5. The van der Waals surface area contributed by atoms with Crippen molar-refractivity contribution in [2.45, 2.75) is 38.9 Å². The molecule has 3 heterocycles. The standard InChI is InChI=1S/C18H22N4O/c1-2-21-12-15(10-19-21)18(23)22-13-16-7-5-9-20(16)11-14-6-3-4-8-17(14)22/h3-4,6,8,10,12,16H,2,5,7,9,11,13H2,1H3/t16-/m1/s1. The number of aryl methyl sites for hydroxylation is 1. The molecule has 0 bridgehead atoms. The van der Waals surface area contributed by atoms with E-state index in [0.717, 1.165) is 31.9 Å². The van der Waals surface area contributed by atoms with Crippen molar-refractivity contribution >= 4 is 11.6 Å². The van der Waals surface area contributed by atoms with Gasteiger partial charge < -0.3 is 4.90 Å². The van der Waals surface area contributed by atoms with Gasteiger partial charge in [0.05, 0.1) is 11.8 Å². The van der Waals surface area contributed by atoms with E-state index < -0.39 is 0 Å². The minimum atomic E-state index is 0.0610. The van der Waals surface area contributed by atoms with E-state index in [1.165, 1.54) is 18.4 Å². The summed E-state index contributed by atoms with van der Waals surface area (Å²) in [4.78, 5) is 17.6. The van der Waals surface area contributed by atoms with E-state index in [1.807, 2.05) is 24.1 Å². The Morgan fingerprint density at radius 3 is 3.04 bits per heavy atom. The summed E-state index contributed by atoms with van der Waals surface area (Å²) < 4.78 is 1.80. The quantitative estimate of drug-likeness (QED) is 0.856. The molecule has 1 aromatic heterocycles. The first-order valence-electron chi connectivity index (χ1n) is 8.42. The van der Waals surface area contributed by atoms with Crippen molar-refractivity contribution in [2.75, 3.05) is 18.0 Å². The highest BCUT2D eigenvalue weighted by Crippen LogP contribution is 2.32. The van der Waals surface area contributed by atoms with Crippen LogP contribution >= 0.6 is 0 Å². The Balaban J connectivity index is 1.72. The SMILES string of the molecule is CCn1cc(C(=O)N2C[C@H]3CCCN3Cc3ccccc32)cn1. The van der Waals surface area contributed by atoms with Crippen molar-refractivity contribution in [2.24, 2.45) is 0 Å². The number of anilines is 1. The van der Waals surface area contributed by atoms with Crippen molar-refractivity contribution in [1.29, 1.82) is 0 Å².